The van der Waals surface area contributed by atoms with Gasteiger partial charge in [0.15, 0.2) is 0 Å². The van der Waals surface area contributed by atoms with E-state index in [-0.39, 0.29) is 18.3 Å². The van der Waals surface area contributed by atoms with Gasteiger partial charge < -0.3 is 10.6 Å². The molecule has 5 nitrogen and oxygen atoms in total. The summed E-state index contributed by atoms with van der Waals surface area (Å²) in [7, 11) is 0. The summed E-state index contributed by atoms with van der Waals surface area (Å²) in [6, 6.07) is 10.5. The van der Waals surface area contributed by atoms with E-state index < -0.39 is 5.54 Å². The number of amides is 1. The molecule has 1 amide bonds. The van der Waals surface area contributed by atoms with Crippen LogP contribution in [0.1, 0.15) is 29.2 Å². The Kier molecular flexibility index (Phi) is 6.27. The number of fused-ring (bicyclic) bond motifs is 1. The monoisotopic (exact) mass is 392 g/mol. The zero-order valence-corrected chi connectivity index (χ0v) is 16.3. The van der Waals surface area contributed by atoms with E-state index in [4.69, 9.17) is 0 Å². The molecule has 3 heterocycles. The van der Waals surface area contributed by atoms with Crippen LogP contribution in [0, 0.1) is 0 Å². The highest BCUT2D eigenvalue weighted by Gasteiger charge is 2.42. The van der Waals surface area contributed by atoms with Crippen molar-refractivity contribution in [2.45, 2.75) is 30.1 Å². The molecule has 2 aromatic rings. The largest absolute Gasteiger partial charge is 0.353 e. The maximum absolute atomic E-state index is 13.2. The van der Waals surface area contributed by atoms with E-state index in [9.17, 15) is 4.79 Å². The topological polar surface area (TPSA) is 59.0 Å². The van der Waals surface area contributed by atoms with E-state index >= 15 is 0 Å². The number of thioether (sulfide) groups is 1. The van der Waals surface area contributed by atoms with Crippen LogP contribution in [-0.2, 0) is 16.8 Å². The van der Waals surface area contributed by atoms with Crippen LogP contribution < -0.4 is 10.6 Å². The minimum absolute atomic E-state index is 0. The smallest absolute Gasteiger partial charge is 0.248 e. The van der Waals surface area contributed by atoms with Crippen LogP contribution in [0.25, 0.3) is 0 Å². The van der Waals surface area contributed by atoms with Crippen LogP contribution >= 0.6 is 24.2 Å². The molecule has 0 bridgehead atoms. The van der Waals surface area contributed by atoms with Crippen molar-refractivity contribution in [3.63, 3.8) is 0 Å². The average Bonchev–Trinajstić information content (AvgIpc) is 3.22. The predicted molar refractivity (Wildman–Crippen MR) is 108 cm³/mol. The van der Waals surface area contributed by atoms with Crippen LogP contribution in [0.3, 0.4) is 0 Å². The second-order valence-corrected chi connectivity index (χ2v) is 8.06. The summed E-state index contributed by atoms with van der Waals surface area (Å²) in [6.45, 7) is 2.36. The highest BCUT2D eigenvalue weighted by atomic mass is 35.5. The minimum Gasteiger partial charge on any atom is -0.353 e. The van der Waals surface area contributed by atoms with Gasteiger partial charge in [0, 0.05) is 24.2 Å². The fraction of sp³-hybridized carbons (Fsp3) is 0.474. The Morgan fingerprint density at radius 3 is 2.88 bits per heavy atom. The van der Waals surface area contributed by atoms with Gasteiger partial charge in [-0.25, -0.2) is 0 Å². The summed E-state index contributed by atoms with van der Waals surface area (Å²) in [5.41, 5.74) is 2.23. The van der Waals surface area contributed by atoms with Crippen molar-refractivity contribution < 1.29 is 4.79 Å². The van der Waals surface area contributed by atoms with Crippen molar-refractivity contribution >= 4 is 30.1 Å². The Hall–Kier alpha value is -1.50. The van der Waals surface area contributed by atoms with E-state index in [2.05, 4.69) is 40.0 Å². The van der Waals surface area contributed by atoms with Crippen LogP contribution in [0.4, 0.5) is 0 Å². The zero-order chi connectivity index (χ0) is 17.1. The standard InChI is InChI=1S/C19H24N4OS.ClH/c24-18(19(7-10-20-11-8-19)23-12-3-9-22-23)21-14-17-16-5-2-1-4-15(16)6-13-25-17;/h1-5,9,12,17,20H,6-8,10-11,13-14H2,(H,21,24);1H. The molecule has 1 unspecified atom stereocenters. The Bertz CT molecular complexity index is 731. The molecule has 1 atom stereocenters. The number of benzene rings is 1. The molecule has 0 aliphatic carbocycles. The molecule has 1 aromatic heterocycles. The quantitative estimate of drug-likeness (QED) is 0.839. The number of nitrogens with one attached hydrogen (secondary N) is 2. The lowest BCUT2D eigenvalue weighted by Crippen LogP contribution is -2.55. The summed E-state index contributed by atoms with van der Waals surface area (Å²) in [6.07, 6.45) is 6.33. The van der Waals surface area contributed by atoms with Gasteiger partial charge in [-0.1, -0.05) is 24.3 Å². The molecular weight excluding hydrogens is 368 g/mol. The van der Waals surface area contributed by atoms with Crippen LogP contribution in [0.2, 0.25) is 0 Å². The average molecular weight is 393 g/mol. The summed E-state index contributed by atoms with van der Waals surface area (Å²) in [5.74, 6) is 1.22. The normalized spacial score (nSPS) is 21.3. The molecule has 0 saturated carbocycles. The number of piperidine rings is 1. The van der Waals surface area contributed by atoms with Crippen LogP contribution in [0.5, 0.6) is 0 Å². The van der Waals surface area contributed by atoms with Crippen LogP contribution in [-0.4, -0.2) is 41.1 Å². The number of rotatable bonds is 4. The van der Waals surface area contributed by atoms with Crippen molar-refractivity contribution in [2.24, 2.45) is 0 Å². The highest BCUT2D eigenvalue weighted by Crippen LogP contribution is 2.36. The van der Waals surface area contributed by atoms with Gasteiger partial charge in [-0.05, 0) is 55.3 Å². The van der Waals surface area contributed by atoms with E-state index in [0.29, 0.717) is 11.8 Å². The fourth-order valence-corrected chi connectivity index (χ4v) is 5.15. The van der Waals surface area contributed by atoms with E-state index in [1.807, 2.05) is 28.7 Å². The fourth-order valence-electron chi connectivity index (χ4n) is 3.92. The summed E-state index contributed by atoms with van der Waals surface area (Å²) < 4.78 is 1.85. The SMILES string of the molecule is Cl.O=C(NCC1SCCc2ccccc21)C1(n2cccn2)CCNCC1. The van der Waals surface area contributed by atoms with Crippen molar-refractivity contribution in [3.05, 3.63) is 53.9 Å². The third-order valence-electron chi connectivity index (χ3n) is 5.34. The zero-order valence-electron chi connectivity index (χ0n) is 14.7. The van der Waals surface area contributed by atoms with Crippen molar-refractivity contribution in [3.8, 4) is 0 Å². The Morgan fingerprint density at radius 2 is 2.12 bits per heavy atom. The Balaban J connectivity index is 0.00000196. The van der Waals surface area contributed by atoms with Crippen molar-refractivity contribution in [1.29, 1.82) is 0 Å². The molecule has 4 rings (SSSR count). The van der Waals surface area contributed by atoms with Gasteiger partial charge in [0.25, 0.3) is 0 Å². The second-order valence-electron chi connectivity index (χ2n) is 6.75. The molecule has 7 heteroatoms. The van der Waals surface area contributed by atoms with Gasteiger partial charge in [0.1, 0.15) is 5.54 Å². The molecule has 0 radical (unpaired) electrons. The Labute approximate surface area is 164 Å². The minimum atomic E-state index is -0.562. The first-order valence-electron chi connectivity index (χ1n) is 8.98. The molecule has 1 aromatic carbocycles. The third-order valence-corrected chi connectivity index (χ3v) is 6.60. The Morgan fingerprint density at radius 1 is 1.31 bits per heavy atom. The van der Waals surface area contributed by atoms with Gasteiger partial charge in [0.05, 0.1) is 0 Å². The number of nitrogens with zero attached hydrogens (tertiary/aromatic N) is 2. The number of aromatic nitrogens is 2. The van der Waals surface area contributed by atoms with Gasteiger partial charge in [-0.15, -0.1) is 12.4 Å². The molecule has 1 fully saturated rings. The van der Waals surface area contributed by atoms with Crippen molar-refractivity contribution in [1.82, 2.24) is 20.4 Å². The molecule has 26 heavy (non-hydrogen) atoms. The molecule has 2 aliphatic rings. The number of carbonyl (C=O) groups is 1. The van der Waals surface area contributed by atoms with Crippen molar-refractivity contribution in [2.75, 3.05) is 25.4 Å². The number of aryl methyl sites for hydroxylation is 1. The van der Waals surface area contributed by atoms with E-state index in [0.717, 1.165) is 38.1 Å². The maximum Gasteiger partial charge on any atom is 0.248 e. The molecule has 140 valence electrons. The first-order chi connectivity index (χ1) is 12.3. The number of halogens is 1. The second kappa shape index (κ2) is 8.46. The van der Waals surface area contributed by atoms with Gasteiger partial charge in [-0.3, -0.25) is 9.48 Å². The number of carbonyl (C=O) groups excluding carboxylic acids is 1. The van der Waals surface area contributed by atoms with Gasteiger partial charge >= 0.3 is 0 Å². The predicted octanol–water partition coefficient (Wildman–Crippen LogP) is 2.53. The first kappa shape index (κ1) is 19.3. The lowest BCUT2D eigenvalue weighted by molar-refractivity contribution is -0.132. The molecule has 2 N–H and O–H groups in total. The maximum atomic E-state index is 13.2. The lowest BCUT2D eigenvalue weighted by atomic mass is 9.87. The highest BCUT2D eigenvalue weighted by molar-refractivity contribution is 7.99. The first-order valence-corrected chi connectivity index (χ1v) is 10.0. The van der Waals surface area contributed by atoms with Crippen LogP contribution in [0.15, 0.2) is 42.7 Å². The molecule has 1 saturated heterocycles. The van der Waals surface area contributed by atoms with E-state index in [1.54, 1.807) is 6.20 Å². The summed E-state index contributed by atoms with van der Waals surface area (Å²) >= 11 is 1.94. The van der Waals surface area contributed by atoms with Gasteiger partial charge in [-0.2, -0.15) is 16.9 Å². The number of hydrogen-bond donors (Lipinski definition) is 2. The summed E-state index contributed by atoms with van der Waals surface area (Å²) in [4.78, 5) is 13.2. The van der Waals surface area contributed by atoms with Gasteiger partial charge in [0.2, 0.25) is 5.91 Å². The lowest BCUT2D eigenvalue weighted by Gasteiger charge is -2.37. The number of hydrogen-bond acceptors (Lipinski definition) is 4. The molecular formula is C19H25ClN4OS. The molecule has 0 spiro atoms. The molecule has 2 aliphatic heterocycles. The third kappa shape index (κ3) is 3.63. The van der Waals surface area contributed by atoms with E-state index in [1.165, 1.54) is 11.1 Å². The summed E-state index contributed by atoms with van der Waals surface area (Å²) in [5, 5.41) is 11.3.